The van der Waals surface area contributed by atoms with Crippen molar-refractivity contribution in [3.8, 4) is 0 Å². The zero-order valence-electron chi connectivity index (χ0n) is 9.26. The van der Waals surface area contributed by atoms with Crippen molar-refractivity contribution in [3.05, 3.63) is 30.4 Å². The first-order valence-electron chi connectivity index (χ1n) is 5.32. The van der Waals surface area contributed by atoms with E-state index in [1.54, 1.807) is 29.3 Å². The van der Waals surface area contributed by atoms with Gasteiger partial charge in [0.2, 0.25) is 0 Å². The molecule has 0 aliphatic heterocycles. The molecule has 0 radical (unpaired) electrons. The maximum atomic E-state index is 11.6. The van der Waals surface area contributed by atoms with Gasteiger partial charge in [-0.15, -0.1) is 5.10 Å². The fourth-order valence-corrected chi connectivity index (χ4v) is 1.43. The molecule has 2 heterocycles. The van der Waals surface area contributed by atoms with E-state index in [9.17, 15) is 4.79 Å². The summed E-state index contributed by atoms with van der Waals surface area (Å²) in [6, 6.07) is 1.60. The van der Waals surface area contributed by atoms with Crippen molar-refractivity contribution in [2.45, 2.75) is 13.0 Å². The lowest BCUT2D eigenvalue weighted by molar-refractivity contribution is 0.0948. The standard InChI is InChI=1S/C10H14N6O/c11-8-6-9(13-7-8)10(17)12-2-1-4-16-5-3-14-15-16/h3,5-7,13H,1-2,4,11H2,(H,12,17). The van der Waals surface area contributed by atoms with E-state index in [0.29, 0.717) is 17.9 Å². The third-order valence-corrected chi connectivity index (χ3v) is 2.27. The number of aromatic nitrogens is 4. The Balaban J connectivity index is 1.70. The minimum Gasteiger partial charge on any atom is -0.397 e. The molecule has 0 saturated carbocycles. The molecule has 7 nitrogen and oxygen atoms in total. The first kappa shape index (κ1) is 11.2. The fourth-order valence-electron chi connectivity index (χ4n) is 1.43. The second-order valence-electron chi connectivity index (χ2n) is 3.62. The molecule has 0 bridgehead atoms. The fraction of sp³-hybridized carbons (Fsp3) is 0.300. The van der Waals surface area contributed by atoms with Gasteiger partial charge in [0.15, 0.2) is 0 Å². The van der Waals surface area contributed by atoms with Gasteiger partial charge in [0, 0.05) is 31.2 Å². The van der Waals surface area contributed by atoms with Crippen LogP contribution in [0.2, 0.25) is 0 Å². The molecule has 2 rings (SSSR count). The number of nitrogens with zero attached hydrogens (tertiary/aromatic N) is 3. The largest absolute Gasteiger partial charge is 0.397 e. The van der Waals surface area contributed by atoms with Gasteiger partial charge in [-0.1, -0.05) is 5.21 Å². The molecule has 17 heavy (non-hydrogen) atoms. The zero-order chi connectivity index (χ0) is 12.1. The second kappa shape index (κ2) is 5.15. The summed E-state index contributed by atoms with van der Waals surface area (Å²) >= 11 is 0. The topological polar surface area (TPSA) is 102 Å². The summed E-state index contributed by atoms with van der Waals surface area (Å²) in [4.78, 5) is 14.4. The third-order valence-electron chi connectivity index (χ3n) is 2.27. The van der Waals surface area contributed by atoms with Gasteiger partial charge in [0.25, 0.3) is 5.91 Å². The van der Waals surface area contributed by atoms with Gasteiger partial charge in [-0.3, -0.25) is 9.48 Å². The molecular weight excluding hydrogens is 220 g/mol. The van der Waals surface area contributed by atoms with Gasteiger partial charge in [-0.25, -0.2) is 0 Å². The second-order valence-corrected chi connectivity index (χ2v) is 3.62. The van der Waals surface area contributed by atoms with E-state index in [2.05, 4.69) is 20.6 Å². The molecule has 1 amide bonds. The van der Waals surface area contributed by atoms with Crippen molar-refractivity contribution in [2.75, 3.05) is 12.3 Å². The number of hydrogen-bond acceptors (Lipinski definition) is 4. The molecule has 0 fully saturated rings. The van der Waals surface area contributed by atoms with Crippen LogP contribution >= 0.6 is 0 Å². The highest BCUT2D eigenvalue weighted by atomic mass is 16.1. The van der Waals surface area contributed by atoms with Gasteiger partial charge >= 0.3 is 0 Å². The summed E-state index contributed by atoms with van der Waals surface area (Å²) in [5.74, 6) is -0.153. The number of amides is 1. The van der Waals surface area contributed by atoms with Crippen molar-refractivity contribution in [2.24, 2.45) is 0 Å². The van der Waals surface area contributed by atoms with Crippen LogP contribution in [0.1, 0.15) is 16.9 Å². The minimum atomic E-state index is -0.153. The average Bonchev–Trinajstić information content (AvgIpc) is 2.95. The van der Waals surface area contributed by atoms with Crippen LogP contribution < -0.4 is 11.1 Å². The average molecular weight is 234 g/mol. The Morgan fingerprint density at radius 3 is 3.12 bits per heavy atom. The van der Waals surface area contributed by atoms with Crippen LogP contribution in [0.3, 0.4) is 0 Å². The minimum absolute atomic E-state index is 0.153. The monoisotopic (exact) mass is 234 g/mol. The van der Waals surface area contributed by atoms with E-state index in [-0.39, 0.29) is 5.91 Å². The van der Waals surface area contributed by atoms with E-state index in [0.717, 1.165) is 13.0 Å². The molecule has 7 heteroatoms. The highest BCUT2D eigenvalue weighted by Gasteiger charge is 2.06. The van der Waals surface area contributed by atoms with Crippen LogP contribution in [-0.2, 0) is 6.54 Å². The lowest BCUT2D eigenvalue weighted by Gasteiger charge is -2.03. The Bertz CT molecular complexity index is 475. The van der Waals surface area contributed by atoms with Crippen LogP contribution in [0.4, 0.5) is 5.69 Å². The molecule has 2 aromatic rings. The first-order chi connectivity index (χ1) is 8.25. The van der Waals surface area contributed by atoms with Gasteiger partial charge in [0.1, 0.15) is 5.69 Å². The quantitative estimate of drug-likeness (QED) is 0.634. The van der Waals surface area contributed by atoms with E-state index in [4.69, 9.17) is 5.73 Å². The number of carbonyl (C=O) groups excluding carboxylic acids is 1. The molecule has 0 aliphatic carbocycles. The number of H-pyrrole nitrogens is 1. The molecule has 0 spiro atoms. The number of nitrogens with one attached hydrogen (secondary N) is 2. The van der Waals surface area contributed by atoms with Crippen molar-refractivity contribution in [1.82, 2.24) is 25.3 Å². The van der Waals surface area contributed by atoms with Gasteiger partial charge < -0.3 is 16.0 Å². The Hall–Kier alpha value is -2.31. The van der Waals surface area contributed by atoms with Gasteiger partial charge in [-0.05, 0) is 12.5 Å². The molecule has 4 N–H and O–H groups in total. The zero-order valence-corrected chi connectivity index (χ0v) is 9.26. The number of anilines is 1. The highest BCUT2D eigenvalue weighted by molar-refractivity contribution is 5.93. The molecule has 2 aromatic heterocycles. The molecule has 0 saturated heterocycles. The predicted octanol–water partition coefficient (Wildman–Crippen LogP) is 0.00850. The summed E-state index contributed by atoms with van der Waals surface area (Å²) < 4.78 is 1.72. The Morgan fingerprint density at radius 2 is 2.47 bits per heavy atom. The van der Waals surface area contributed by atoms with Crippen LogP contribution in [0, 0.1) is 0 Å². The molecule has 0 atom stereocenters. The summed E-state index contributed by atoms with van der Waals surface area (Å²) in [5.41, 5.74) is 6.53. The normalized spacial score (nSPS) is 10.4. The predicted molar refractivity (Wildman–Crippen MR) is 62.2 cm³/mol. The Labute approximate surface area is 98.0 Å². The van der Waals surface area contributed by atoms with Gasteiger partial charge in [0.05, 0.1) is 6.20 Å². The molecule has 90 valence electrons. The number of rotatable bonds is 5. The lowest BCUT2D eigenvalue weighted by atomic mass is 10.3. The van der Waals surface area contributed by atoms with E-state index >= 15 is 0 Å². The summed E-state index contributed by atoms with van der Waals surface area (Å²) in [7, 11) is 0. The molecule has 0 unspecified atom stereocenters. The van der Waals surface area contributed by atoms with Crippen molar-refractivity contribution < 1.29 is 4.79 Å². The Kier molecular flexibility index (Phi) is 3.39. The number of carbonyl (C=O) groups is 1. The van der Waals surface area contributed by atoms with Crippen LogP contribution in [0.25, 0.3) is 0 Å². The third kappa shape index (κ3) is 3.07. The summed E-state index contributed by atoms with van der Waals surface area (Å²) in [6.45, 7) is 1.31. The molecular formula is C10H14N6O. The highest BCUT2D eigenvalue weighted by Crippen LogP contribution is 2.03. The summed E-state index contributed by atoms with van der Waals surface area (Å²) in [6.07, 6.45) is 5.80. The van der Waals surface area contributed by atoms with Crippen LogP contribution in [0.15, 0.2) is 24.7 Å². The lowest BCUT2D eigenvalue weighted by Crippen LogP contribution is -2.25. The molecule has 0 aliphatic rings. The SMILES string of the molecule is Nc1c[nH]c(C(=O)NCCCn2ccnn2)c1. The number of nitrogens with two attached hydrogens (primary N) is 1. The number of hydrogen-bond donors (Lipinski definition) is 3. The maximum Gasteiger partial charge on any atom is 0.267 e. The number of nitrogen functional groups attached to an aromatic ring is 1. The molecule has 0 aromatic carbocycles. The Morgan fingerprint density at radius 1 is 1.59 bits per heavy atom. The van der Waals surface area contributed by atoms with Crippen molar-refractivity contribution in [3.63, 3.8) is 0 Å². The summed E-state index contributed by atoms with van der Waals surface area (Å²) in [5, 5.41) is 10.3. The maximum absolute atomic E-state index is 11.6. The first-order valence-corrected chi connectivity index (χ1v) is 5.32. The van der Waals surface area contributed by atoms with Crippen molar-refractivity contribution >= 4 is 11.6 Å². The van der Waals surface area contributed by atoms with Crippen molar-refractivity contribution in [1.29, 1.82) is 0 Å². The van der Waals surface area contributed by atoms with E-state index in [1.165, 1.54) is 0 Å². The van der Waals surface area contributed by atoms with Gasteiger partial charge in [-0.2, -0.15) is 0 Å². The van der Waals surface area contributed by atoms with Crippen LogP contribution in [-0.4, -0.2) is 32.4 Å². The number of aryl methyl sites for hydroxylation is 1. The van der Waals surface area contributed by atoms with E-state index < -0.39 is 0 Å². The van der Waals surface area contributed by atoms with E-state index in [1.807, 2.05) is 0 Å². The smallest absolute Gasteiger partial charge is 0.267 e. The number of aromatic amines is 1. The van der Waals surface area contributed by atoms with Crippen LogP contribution in [0.5, 0.6) is 0 Å².